The first kappa shape index (κ1) is 24.3. The number of esters is 1. The summed E-state index contributed by atoms with van der Waals surface area (Å²) in [7, 11) is -2.86. The van der Waals surface area contributed by atoms with Crippen LogP contribution in [0.4, 0.5) is 11.4 Å². The van der Waals surface area contributed by atoms with Crippen LogP contribution in [0.1, 0.15) is 21.5 Å². The third-order valence-corrected chi connectivity index (χ3v) is 7.11. The van der Waals surface area contributed by atoms with E-state index in [-0.39, 0.29) is 16.1 Å². The van der Waals surface area contributed by atoms with Gasteiger partial charge < -0.3 is 10.1 Å². The first-order valence-electron chi connectivity index (χ1n) is 9.96. The van der Waals surface area contributed by atoms with Gasteiger partial charge in [0.1, 0.15) is 6.54 Å². The van der Waals surface area contributed by atoms with Crippen molar-refractivity contribution in [1.29, 1.82) is 0 Å². The van der Waals surface area contributed by atoms with Gasteiger partial charge in [-0.1, -0.05) is 29.8 Å². The molecule has 1 N–H and O–H groups in total. The largest absolute Gasteiger partial charge is 0.465 e. The number of methoxy groups -OCH3 is 1. The summed E-state index contributed by atoms with van der Waals surface area (Å²) in [6.45, 7) is 3.26. The summed E-state index contributed by atoms with van der Waals surface area (Å²) in [4.78, 5) is 25.0. The number of aryl methyl sites for hydroxylation is 2. The predicted molar refractivity (Wildman–Crippen MR) is 128 cm³/mol. The second-order valence-corrected chi connectivity index (χ2v) is 9.62. The Hall–Kier alpha value is -3.36. The Morgan fingerprint density at radius 2 is 1.64 bits per heavy atom. The van der Waals surface area contributed by atoms with Gasteiger partial charge in [0.2, 0.25) is 5.91 Å². The van der Waals surface area contributed by atoms with Crippen LogP contribution in [0.2, 0.25) is 5.02 Å². The zero-order valence-corrected chi connectivity index (χ0v) is 19.9. The highest BCUT2D eigenvalue weighted by molar-refractivity contribution is 7.92. The van der Waals surface area contributed by atoms with Crippen LogP contribution in [0.25, 0.3) is 0 Å². The zero-order chi connectivity index (χ0) is 24.2. The molecule has 0 atom stereocenters. The molecule has 0 unspecified atom stereocenters. The lowest BCUT2D eigenvalue weighted by Gasteiger charge is -2.25. The van der Waals surface area contributed by atoms with E-state index >= 15 is 0 Å². The predicted octanol–water partition coefficient (Wildman–Crippen LogP) is 4.58. The molecule has 3 aromatic rings. The molecule has 1 amide bonds. The van der Waals surface area contributed by atoms with E-state index in [1.54, 1.807) is 30.3 Å². The molecule has 0 aliphatic carbocycles. The van der Waals surface area contributed by atoms with Crippen LogP contribution in [-0.2, 0) is 19.6 Å². The molecule has 0 radical (unpaired) electrons. The van der Waals surface area contributed by atoms with Gasteiger partial charge in [0.15, 0.2) is 0 Å². The van der Waals surface area contributed by atoms with E-state index in [0.717, 1.165) is 15.4 Å². The topological polar surface area (TPSA) is 92.8 Å². The van der Waals surface area contributed by atoms with E-state index in [2.05, 4.69) is 5.32 Å². The molecule has 7 nitrogen and oxygen atoms in total. The van der Waals surface area contributed by atoms with E-state index in [0.29, 0.717) is 10.7 Å². The number of hydrogen-bond donors (Lipinski definition) is 1. The highest BCUT2D eigenvalue weighted by Gasteiger charge is 2.28. The van der Waals surface area contributed by atoms with Gasteiger partial charge in [-0.2, -0.15) is 0 Å². The number of nitrogens with zero attached hydrogens (tertiary/aromatic N) is 1. The second kappa shape index (κ2) is 10.1. The van der Waals surface area contributed by atoms with Crippen LogP contribution in [0, 0.1) is 13.8 Å². The lowest BCUT2D eigenvalue weighted by molar-refractivity contribution is -0.114. The van der Waals surface area contributed by atoms with Crippen molar-refractivity contribution in [2.24, 2.45) is 0 Å². The Labute approximate surface area is 198 Å². The molecule has 0 saturated heterocycles. The molecule has 9 heteroatoms. The van der Waals surface area contributed by atoms with E-state index in [1.807, 2.05) is 13.8 Å². The Balaban J connectivity index is 1.98. The highest BCUT2D eigenvalue weighted by atomic mass is 35.5. The molecule has 0 saturated carbocycles. The summed E-state index contributed by atoms with van der Waals surface area (Å²) in [5.74, 6) is -1.24. The Kier molecular flexibility index (Phi) is 7.40. The van der Waals surface area contributed by atoms with Crippen molar-refractivity contribution in [3.63, 3.8) is 0 Å². The minimum absolute atomic E-state index is 0.00658. The van der Waals surface area contributed by atoms with E-state index in [1.165, 1.54) is 43.5 Å². The maximum absolute atomic E-state index is 13.5. The fraction of sp³-hybridized carbons (Fsp3) is 0.167. The van der Waals surface area contributed by atoms with Gasteiger partial charge in [0, 0.05) is 5.02 Å². The Bertz CT molecular complexity index is 1290. The minimum atomic E-state index is -4.10. The fourth-order valence-electron chi connectivity index (χ4n) is 3.13. The van der Waals surface area contributed by atoms with Crippen LogP contribution in [0.15, 0.2) is 71.6 Å². The number of nitrogens with one attached hydrogen (secondary N) is 1. The SMILES string of the molecule is COC(=O)c1ccccc1NC(=O)CN(c1ccc(C)c(C)c1)S(=O)(=O)c1ccc(Cl)cc1. The van der Waals surface area contributed by atoms with Gasteiger partial charge in [0.25, 0.3) is 10.0 Å². The summed E-state index contributed by atoms with van der Waals surface area (Å²) >= 11 is 5.91. The fourth-order valence-corrected chi connectivity index (χ4v) is 4.67. The Morgan fingerprint density at radius 1 is 0.970 bits per heavy atom. The normalized spacial score (nSPS) is 11.0. The number of halogens is 1. The van der Waals surface area contributed by atoms with Crippen molar-refractivity contribution in [3.8, 4) is 0 Å². The van der Waals surface area contributed by atoms with Crippen LogP contribution in [-0.4, -0.2) is 33.9 Å². The lowest BCUT2D eigenvalue weighted by Crippen LogP contribution is -2.38. The molecular formula is C24H23ClN2O5S. The molecule has 33 heavy (non-hydrogen) atoms. The number of rotatable bonds is 7. The molecule has 172 valence electrons. The molecule has 3 rings (SSSR count). The van der Waals surface area contributed by atoms with E-state index in [4.69, 9.17) is 16.3 Å². The van der Waals surface area contributed by atoms with Gasteiger partial charge >= 0.3 is 5.97 Å². The van der Waals surface area contributed by atoms with Crippen LogP contribution < -0.4 is 9.62 Å². The molecule has 0 aliphatic heterocycles. The number of benzene rings is 3. The monoisotopic (exact) mass is 486 g/mol. The minimum Gasteiger partial charge on any atom is -0.465 e. The maximum atomic E-state index is 13.5. The first-order valence-corrected chi connectivity index (χ1v) is 11.8. The Morgan fingerprint density at radius 3 is 2.27 bits per heavy atom. The number of sulfonamides is 1. The molecule has 0 fully saturated rings. The van der Waals surface area contributed by atoms with Gasteiger partial charge in [-0.15, -0.1) is 0 Å². The number of hydrogen-bond acceptors (Lipinski definition) is 5. The average Bonchev–Trinajstić information content (AvgIpc) is 2.79. The van der Waals surface area contributed by atoms with Crippen molar-refractivity contribution < 1.29 is 22.7 Å². The summed E-state index contributed by atoms with van der Waals surface area (Å²) in [5.41, 5.74) is 2.58. The van der Waals surface area contributed by atoms with E-state index < -0.39 is 28.4 Å². The molecule has 0 spiro atoms. The molecular weight excluding hydrogens is 464 g/mol. The van der Waals surface area contributed by atoms with Gasteiger partial charge in [-0.25, -0.2) is 13.2 Å². The van der Waals surface area contributed by atoms with Crippen LogP contribution in [0.3, 0.4) is 0 Å². The highest BCUT2D eigenvalue weighted by Crippen LogP contribution is 2.27. The molecule has 0 heterocycles. The van der Waals surface area contributed by atoms with Gasteiger partial charge in [0.05, 0.1) is 28.9 Å². The molecule has 0 aliphatic rings. The van der Waals surface area contributed by atoms with E-state index in [9.17, 15) is 18.0 Å². The average molecular weight is 487 g/mol. The maximum Gasteiger partial charge on any atom is 0.339 e. The number of ether oxygens (including phenoxy) is 1. The number of carbonyl (C=O) groups excluding carboxylic acids is 2. The lowest BCUT2D eigenvalue weighted by atomic mass is 10.1. The molecule has 0 bridgehead atoms. The van der Waals surface area contributed by atoms with Crippen LogP contribution in [0.5, 0.6) is 0 Å². The number of anilines is 2. The second-order valence-electron chi connectivity index (χ2n) is 7.32. The smallest absolute Gasteiger partial charge is 0.339 e. The summed E-state index contributed by atoms with van der Waals surface area (Å²) < 4.78 is 32.7. The number of para-hydroxylation sites is 1. The number of amides is 1. The molecule has 3 aromatic carbocycles. The standard InChI is InChI=1S/C24H23ClN2O5S/c1-16-8-11-19(14-17(16)2)27(33(30,31)20-12-9-18(25)10-13-20)15-23(28)26-22-7-5-4-6-21(22)24(29)32-3/h4-14H,15H2,1-3H3,(H,26,28). The zero-order valence-electron chi connectivity index (χ0n) is 18.3. The molecule has 0 aromatic heterocycles. The summed E-state index contributed by atoms with van der Waals surface area (Å²) in [6.07, 6.45) is 0. The third kappa shape index (κ3) is 5.53. The van der Waals surface area contributed by atoms with Crippen molar-refractivity contribution in [2.45, 2.75) is 18.7 Å². The van der Waals surface area contributed by atoms with Crippen molar-refractivity contribution in [1.82, 2.24) is 0 Å². The summed E-state index contributed by atoms with van der Waals surface area (Å²) in [6, 6.07) is 17.2. The van der Waals surface area contributed by atoms with Crippen molar-refractivity contribution in [3.05, 3.63) is 88.4 Å². The third-order valence-electron chi connectivity index (χ3n) is 5.07. The quantitative estimate of drug-likeness (QED) is 0.493. The van der Waals surface area contributed by atoms with Crippen molar-refractivity contribution in [2.75, 3.05) is 23.3 Å². The summed E-state index contributed by atoms with van der Waals surface area (Å²) in [5, 5.41) is 3.01. The van der Waals surface area contributed by atoms with Gasteiger partial charge in [-0.05, 0) is 73.5 Å². The number of carbonyl (C=O) groups is 2. The van der Waals surface area contributed by atoms with Gasteiger partial charge in [-0.3, -0.25) is 9.10 Å². The first-order chi connectivity index (χ1) is 15.6. The van der Waals surface area contributed by atoms with Crippen molar-refractivity contribution >= 4 is 44.9 Å². The van der Waals surface area contributed by atoms with Crippen LogP contribution >= 0.6 is 11.6 Å².